The summed E-state index contributed by atoms with van der Waals surface area (Å²) in [4.78, 5) is 11.0. The minimum Gasteiger partial charge on any atom is -0.368 e. The zero-order valence-electron chi connectivity index (χ0n) is 10.1. The average molecular weight is 220 g/mol. The number of rotatable bonds is 5. The first kappa shape index (κ1) is 12.7. The SMILES string of the molecule is CC(C)[C@@H](N[C@@H](C)C(N)=O)c1ccccc1. The van der Waals surface area contributed by atoms with Crippen LogP contribution < -0.4 is 11.1 Å². The maximum absolute atomic E-state index is 11.0. The largest absolute Gasteiger partial charge is 0.368 e. The number of hydrogen-bond donors (Lipinski definition) is 2. The molecule has 0 aliphatic rings. The van der Waals surface area contributed by atoms with Gasteiger partial charge in [-0.05, 0) is 18.4 Å². The summed E-state index contributed by atoms with van der Waals surface area (Å²) in [6, 6.07) is 9.95. The Morgan fingerprint density at radius 2 is 1.75 bits per heavy atom. The van der Waals surface area contributed by atoms with Crippen molar-refractivity contribution in [3.8, 4) is 0 Å². The van der Waals surface area contributed by atoms with Gasteiger partial charge in [-0.2, -0.15) is 0 Å². The highest BCUT2D eigenvalue weighted by molar-refractivity contribution is 5.79. The van der Waals surface area contributed by atoms with Crippen molar-refractivity contribution in [3.05, 3.63) is 35.9 Å². The molecule has 16 heavy (non-hydrogen) atoms. The van der Waals surface area contributed by atoms with E-state index < -0.39 is 0 Å². The molecule has 0 unspecified atom stereocenters. The Hall–Kier alpha value is -1.35. The lowest BCUT2D eigenvalue weighted by atomic mass is 9.95. The van der Waals surface area contributed by atoms with Crippen LogP contribution in [0.15, 0.2) is 30.3 Å². The van der Waals surface area contributed by atoms with E-state index in [9.17, 15) is 4.79 Å². The second kappa shape index (κ2) is 5.66. The highest BCUT2D eigenvalue weighted by Crippen LogP contribution is 2.21. The summed E-state index contributed by atoms with van der Waals surface area (Å²) in [5.74, 6) is 0.0887. The van der Waals surface area contributed by atoms with Crippen molar-refractivity contribution in [1.82, 2.24) is 5.32 Å². The number of carbonyl (C=O) groups is 1. The molecule has 1 aromatic rings. The van der Waals surface area contributed by atoms with Crippen LogP contribution in [0, 0.1) is 5.92 Å². The monoisotopic (exact) mass is 220 g/mol. The molecule has 1 rings (SSSR count). The second-order valence-corrected chi connectivity index (χ2v) is 4.42. The van der Waals surface area contributed by atoms with Gasteiger partial charge in [-0.1, -0.05) is 44.2 Å². The van der Waals surface area contributed by atoms with Crippen molar-refractivity contribution in [1.29, 1.82) is 0 Å². The van der Waals surface area contributed by atoms with E-state index in [4.69, 9.17) is 5.73 Å². The molecule has 1 aromatic carbocycles. The van der Waals surface area contributed by atoms with Gasteiger partial charge in [0.25, 0.3) is 0 Å². The Kier molecular flexibility index (Phi) is 4.50. The first-order chi connectivity index (χ1) is 7.52. The van der Waals surface area contributed by atoms with E-state index in [0.717, 1.165) is 0 Å². The zero-order chi connectivity index (χ0) is 12.1. The fourth-order valence-corrected chi connectivity index (χ4v) is 1.69. The Balaban J connectivity index is 2.81. The van der Waals surface area contributed by atoms with Gasteiger partial charge in [-0.15, -0.1) is 0 Å². The van der Waals surface area contributed by atoms with Crippen molar-refractivity contribution in [3.63, 3.8) is 0 Å². The normalized spacial score (nSPS) is 14.8. The predicted molar refractivity (Wildman–Crippen MR) is 65.8 cm³/mol. The number of amides is 1. The highest BCUT2D eigenvalue weighted by atomic mass is 16.1. The fourth-order valence-electron chi connectivity index (χ4n) is 1.69. The molecule has 0 aromatic heterocycles. The molecule has 0 heterocycles. The minimum atomic E-state index is -0.318. The third-order valence-electron chi connectivity index (χ3n) is 2.68. The molecule has 3 nitrogen and oxygen atoms in total. The number of primary amides is 1. The minimum absolute atomic E-state index is 0.156. The van der Waals surface area contributed by atoms with Crippen LogP contribution in [-0.4, -0.2) is 11.9 Å². The lowest BCUT2D eigenvalue weighted by Crippen LogP contribution is -2.42. The van der Waals surface area contributed by atoms with Gasteiger partial charge in [-0.25, -0.2) is 0 Å². The zero-order valence-corrected chi connectivity index (χ0v) is 10.1. The number of nitrogens with two attached hydrogens (primary N) is 1. The summed E-state index contributed by atoms with van der Waals surface area (Å²) < 4.78 is 0. The second-order valence-electron chi connectivity index (χ2n) is 4.42. The summed E-state index contributed by atoms with van der Waals surface area (Å²) >= 11 is 0. The van der Waals surface area contributed by atoms with E-state index in [1.165, 1.54) is 5.56 Å². The number of hydrogen-bond acceptors (Lipinski definition) is 2. The van der Waals surface area contributed by atoms with Crippen LogP contribution in [0.1, 0.15) is 32.4 Å². The average Bonchev–Trinajstić information content (AvgIpc) is 2.26. The van der Waals surface area contributed by atoms with E-state index in [2.05, 4.69) is 31.3 Å². The van der Waals surface area contributed by atoms with E-state index >= 15 is 0 Å². The molecule has 0 saturated heterocycles. The molecule has 0 aliphatic heterocycles. The first-order valence-corrected chi connectivity index (χ1v) is 5.62. The molecule has 3 N–H and O–H groups in total. The van der Waals surface area contributed by atoms with Gasteiger partial charge >= 0.3 is 0 Å². The summed E-state index contributed by atoms with van der Waals surface area (Å²) in [6.07, 6.45) is 0. The Labute approximate surface area is 97.0 Å². The van der Waals surface area contributed by atoms with Crippen LogP contribution in [0.4, 0.5) is 0 Å². The van der Waals surface area contributed by atoms with Gasteiger partial charge in [0.2, 0.25) is 5.91 Å². The van der Waals surface area contributed by atoms with E-state index in [1.54, 1.807) is 6.92 Å². The van der Waals surface area contributed by atoms with Crippen molar-refractivity contribution in [2.45, 2.75) is 32.9 Å². The Bertz CT molecular complexity index is 335. The van der Waals surface area contributed by atoms with Gasteiger partial charge in [0.1, 0.15) is 0 Å². The number of carbonyl (C=O) groups excluding carboxylic acids is 1. The van der Waals surface area contributed by atoms with Gasteiger partial charge in [0, 0.05) is 6.04 Å². The van der Waals surface area contributed by atoms with E-state index in [0.29, 0.717) is 5.92 Å². The lowest BCUT2D eigenvalue weighted by molar-refractivity contribution is -0.119. The molecule has 0 spiro atoms. The van der Waals surface area contributed by atoms with Gasteiger partial charge in [-0.3, -0.25) is 10.1 Å². The third-order valence-corrected chi connectivity index (χ3v) is 2.68. The molecule has 2 atom stereocenters. The smallest absolute Gasteiger partial charge is 0.234 e. The van der Waals surface area contributed by atoms with Crippen molar-refractivity contribution in [2.75, 3.05) is 0 Å². The van der Waals surface area contributed by atoms with Crippen LogP contribution in [0.2, 0.25) is 0 Å². The number of benzene rings is 1. The van der Waals surface area contributed by atoms with Crippen LogP contribution in [0.3, 0.4) is 0 Å². The molecular weight excluding hydrogens is 200 g/mol. The molecule has 1 amide bonds. The third kappa shape index (κ3) is 3.35. The fraction of sp³-hybridized carbons (Fsp3) is 0.462. The first-order valence-electron chi connectivity index (χ1n) is 5.62. The highest BCUT2D eigenvalue weighted by Gasteiger charge is 2.19. The predicted octanol–water partition coefficient (Wildman–Crippen LogP) is 1.85. The molecular formula is C13H20N2O. The Morgan fingerprint density at radius 1 is 1.19 bits per heavy atom. The summed E-state index contributed by atoms with van der Waals surface area (Å²) in [6.45, 7) is 6.04. The quantitative estimate of drug-likeness (QED) is 0.795. The van der Waals surface area contributed by atoms with E-state index in [1.807, 2.05) is 18.2 Å². The molecule has 3 heteroatoms. The standard InChI is InChI=1S/C13H20N2O/c1-9(2)12(15-10(3)13(14)16)11-7-5-4-6-8-11/h4-10,12,15H,1-3H3,(H2,14,16)/t10-,12+/m0/s1. The number of nitrogens with one attached hydrogen (secondary N) is 1. The molecule has 88 valence electrons. The van der Waals surface area contributed by atoms with Crippen molar-refractivity contribution >= 4 is 5.91 Å². The summed E-state index contributed by atoms with van der Waals surface area (Å²) in [5, 5.41) is 3.26. The molecule has 0 bridgehead atoms. The maximum atomic E-state index is 11.0. The Morgan fingerprint density at radius 3 is 2.19 bits per heavy atom. The summed E-state index contributed by atoms with van der Waals surface area (Å²) in [7, 11) is 0. The molecule has 0 radical (unpaired) electrons. The van der Waals surface area contributed by atoms with Crippen LogP contribution in [0.25, 0.3) is 0 Å². The molecule has 0 fully saturated rings. The molecule has 0 saturated carbocycles. The lowest BCUT2D eigenvalue weighted by Gasteiger charge is -2.25. The van der Waals surface area contributed by atoms with Gasteiger partial charge < -0.3 is 5.73 Å². The van der Waals surface area contributed by atoms with Crippen molar-refractivity contribution in [2.24, 2.45) is 11.7 Å². The maximum Gasteiger partial charge on any atom is 0.234 e. The van der Waals surface area contributed by atoms with Crippen LogP contribution >= 0.6 is 0 Å². The van der Waals surface area contributed by atoms with Crippen molar-refractivity contribution < 1.29 is 4.79 Å². The van der Waals surface area contributed by atoms with Crippen LogP contribution in [0.5, 0.6) is 0 Å². The van der Waals surface area contributed by atoms with E-state index in [-0.39, 0.29) is 18.0 Å². The van der Waals surface area contributed by atoms with Gasteiger partial charge in [0.15, 0.2) is 0 Å². The topological polar surface area (TPSA) is 55.1 Å². The summed E-state index contributed by atoms with van der Waals surface area (Å²) in [5.41, 5.74) is 6.45. The van der Waals surface area contributed by atoms with Gasteiger partial charge in [0.05, 0.1) is 6.04 Å². The molecule has 0 aliphatic carbocycles. The van der Waals surface area contributed by atoms with Crippen LogP contribution in [-0.2, 0) is 4.79 Å².